The lowest BCUT2D eigenvalue weighted by molar-refractivity contribution is 0.150. The van der Waals surface area contributed by atoms with Crippen molar-refractivity contribution in [3.63, 3.8) is 0 Å². The predicted octanol–water partition coefficient (Wildman–Crippen LogP) is 3.93. The van der Waals surface area contributed by atoms with Crippen LogP contribution in [0.3, 0.4) is 0 Å². The van der Waals surface area contributed by atoms with Gasteiger partial charge in [0.25, 0.3) is 10.1 Å². The molecule has 0 radical (unpaired) electrons. The van der Waals surface area contributed by atoms with E-state index in [0.29, 0.717) is 25.7 Å². The predicted molar refractivity (Wildman–Crippen MR) is 83.5 cm³/mol. The Morgan fingerprint density at radius 1 is 0.800 bits per heavy atom. The van der Waals surface area contributed by atoms with Crippen molar-refractivity contribution in [2.24, 2.45) is 0 Å². The minimum absolute atomic E-state index is 0.341. The highest BCUT2D eigenvalue weighted by atomic mass is 32.2. The van der Waals surface area contributed by atoms with Crippen molar-refractivity contribution in [2.45, 2.75) is 95.8 Å². The van der Waals surface area contributed by atoms with Gasteiger partial charge in [-0.1, -0.05) is 52.4 Å². The summed E-state index contributed by atoms with van der Waals surface area (Å²) in [6.45, 7) is 4.16. The molecule has 0 spiro atoms. The monoisotopic (exact) mass is 308 g/mol. The van der Waals surface area contributed by atoms with Gasteiger partial charge >= 0.3 is 0 Å². The maximum absolute atomic E-state index is 11.3. The highest BCUT2D eigenvalue weighted by molar-refractivity contribution is 7.86. The van der Waals surface area contributed by atoms with Crippen LogP contribution in [-0.2, 0) is 10.1 Å². The normalized spacial score (nSPS) is 15.2. The molecule has 0 aliphatic carbocycles. The Hall–Kier alpha value is -0.130. The van der Waals surface area contributed by atoms with Crippen LogP contribution in [0.5, 0.6) is 0 Å². The lowest BCUT2D eigenvalue weighted by Gasteiger charge is -2.15. The fourth-order valence-electron chi connectivity index (χ4n) is 2.48. The number of hydrogen-bond donors (Lipinski definition) is 2. The average Bonchev–Trinajstić information content (AvgIpc) is 2.35. The van der Waals surface area contributed by atoms with Crippen LogP contribution < -0.4 is 0 Å². The van der Waals surface area contributed by atoms with E-state index in [1.165, 1.54) is 6.42 Å². The fourth-order valence-corrected chi connectivity index (χ4v) is 3.41. The SMILES string of the molecule is CCCCCCCC(CCCC(O)CCC)S(=O)(=O)O. The Morgan fingerprint density at radius 3 is 1.95 bits per heavy atom. The molecular formula is C15H32O4S. The molecule has 2 N–H and O–H groups in total. The average molecular weight is 308 g/mol. The quantitative estimate of drug-likeness (QED) is 0.399. The Balaban J connectivity index is 3.98. The third-order valence-corrected chi connectivity index (χ3v) is 5.05. The van der Waals surface area contributed by atoms with Crippen LogP contribution in [0.2, 0.25) is 0 Å². The Morgan fingerprint density at radius 2 is 1.40 bits per heavy atom. The first-order chi connectivity index (χ1) is 9.41. The number of hydrogen-bond acceptors (Lipinski definition) is 3. The highest BCUT2D eigenvalue weighted by Crippen LogP contribution is 2.18. The molecule has 0 saturated heterocycles. The summed E-state index contributed by atoms with van der Waals surface area (Å²) in [6, 6.07) is 0. The topological polar surface area (TPSA) is 74.6 Å². The number of aliphatic hydroxyl groups excluding tert-OH is 1. The zero-order valence-electron chi connectivity index (χ0n) is 13.1. The van der Waals surface area contributed by atoms with Crippen molar-refractivity contribution in [2.75, 3.05) is 0 Å². The Bertz CT molecular complexity index is 314. The number of aliphatic hydroxyl groups is 1. The van der Waals surface area contributed by atoms with Crippen molar-refractivity contribution >= 4 is 10.1 Å². The molecular weight excluding hydrogens is 276 g/mol. The highest BCUT2D eigenvalue weighted by Gasteiger charge is 2.22. The van der Waals surface area contributed by atoms with Crippen molar-refractivity contribution in [1.29, 1.82) is 0 Å². The van der Waals surface area contributed by atoms with Crippen LogP contribution in [0, 0.1) is 0 Å². The molecule has 0 aromatic rings. The first kappa shape index (κ1) is 19.9. The second kappa shape index (κ2) is 11.5. The van der Waals surface area contributed by atoms with Gasteiger partial charge in [-0.3, -0.25) is 4.55 Å². The number of unbranched alkanes of at least 4 members (excludes halogenated alkanes) is 4. The zero-order valence-corrected chi connectivity index (χ0v) is 13.9. The third kappa shape index (κ3) is 10.6. The standard InChI is InChI=1S/C15H32O4S/c1-3-5-6-7-8-12-15(20(17,18)19)13-9-11-14(16)10-4-2/h14-16H,3-13H2,1-2H3,(H,17,18,19). The molecule has 0 aliphatic rings. The van der Waals surface area contributed by atoms with Gasteiger partial charge in [-0.05, 0) is 32.1 Å². The van der Waals surface area contributed by atoms with Crippen molar-refractivity contribution in [1.82, 2.24) is 0 Å². The molecule has 20 heavy (non-hydrogen) atoms. The molecule has 2 atom stereocenters. The molecule has 5 heteroatoms. The first-order valence-electron chi connectivity index (χ1n) is 8.06. The number of rotatable bonds is 13. The van der Waals surface area contributed by atoms with Crippen LogP contribution in [0.25, 0.3) is 0 Å². The van der Waals surface area contributed by atoms with E-state index >= 15 is 0 Å². The minimum atomic E-state index is -3.95. The van der Waals surface area contributed by atoms with Gasteiger partial charge in [0.15, 0.2) is 0 Å². The van der Waals surface area contributed by atoms with Gasteiger partial charge < -0.3 is 5.11 Å². The van der Waals surface area contributed by atoms with E-state index < -0.39 is 15.4 Å². The fraction of sp³-hybridized carbons (Fsp3) is 1.00. The zero-order chi connectivity index (χ0) is 15.4. The van der Waals surface area contributed by atoms with Gasteiger partial charge in [-0.25, -0.2) is 0 Å². The molecule has 122 valence electrons. The second-order valence-corrected chi connectivity index (χ2v) is 7.41. The maximum atomic E-state index is 11.3. The molecule has 0 bridgehead atoms. The van der Waals surface area contributed by atoms with E-state index in [0.717, 1.165) is 38.5 Å². The van der Waals surface area contributed by atoms with Crippen LogP contribution in [-0.4, -0.2) is 29.4 Å². The van der Waals surface area contributed by atoms with Crippen molar-refractivity contribution in [3.05, 3.63) is 0 Å². The lowest BCUT2D eigenvalue weighted by atomic mass is 10.0. The van der Waals surface area contributed by atoms with Crippen LogP contribution in [0.1, 0.15) is 84.5 Å². The molecule has 4 nitrogen and oxygen atoms in total. The van der Waals surface area contributed by atoms with E-state index in [2.05, 4.69) is 6.92 Å². The van der Waals surface area contributed by atoms with E-state index in [-0.39, 0.29) is 6.10 Å². The van der Waals surface area contributed by atoms with E-state index in [1.54, 1.807) is 0 Å². The van der Waals surface area contributed by atoms with E-state index in [1.807, 2.05) is 6.92 Å². The van der Waals surface area contributed by atoms with Gasteiger partial charge in [0.2, 0.25) is 0 Å². The molecule has 2 unspecified atom stereocenters. The van der Waals surface area contributed by atoms with Gasteiger partial charge in [-0.2, -0.15) is 8.42 Å². The minimum Gasteiger partial charge on any atom is -0.393 e. The van der Waals surface area contributed by atoms with Crippen molar-refractivity contribution in [3.8, 4) is 0 Å². The first-order valence-corrected chi connectivity index (χ1v) is 9.56. The summed E-state index contributed by atoms with van der Waals surface area (Å²) in [7, 11) is -3.95. The summed E-state index contributed by atoms with van der Waals surface area (Å²) in [5.41, 5.74) is 0. The Labute approximate surface area is 124 Å². The lowest BCUT2D eigenvalue weighted by Crippen LogP contribution is -2.21. The van der Waals surface area contributed by atoms with E-state index in [4.69, 9.17) is 0 Å². The third-order valence-electron chi connectivity index (χ3n) is 3.74. The summed E-state index contributed by atoms with van der Waals surface area (Å²) in [5.74, 6) is 0. The van der Waals surface area contributed by atoms with E-state index in [9.17, 15) is 18.1 Å². The molecule has 0 saturated carbocycles. The Kier molecular flexibility index (Phi) is 11.4. The molecule has 0 aromatic carbocycles. The van der Waals surface area contributed by atoms with Crippen LogP contribution in [0.4, 0.5) is 0 Å². The van der Waals surface area contributed by atoms with Crippen LogP contribution >= 0.6 is 0 Å². The van der Waals surface area contributed by atoms with Gasteiger partial charge in [0, 0.05) is 0 Å². The summed E-state index contributed by atoms with van der Waals surface area (Å²) < 4.78 is 32.0. The van der Waals surface area contributed by atoms with Crippen LogP contribution in [0.15, 0.2) is 0 Å². The molecule has 0 aliphatic heterocycles. The summed E-state index contributed by atoms with van der Waals surface area (Å²) in [6.07, 6.45) is 8.96. The van der Waals surface area contributed by atoms with Gasteiger partial charge in [0.05, 0.1) is 11.4 Å². The molecule has 0 amide bonds. The molecule has 0 rings (SSSR count). The van der Waals surface area contributed by atoms with Gasteiger partial charge in [0.1, 0.15) is 0 Å². The molecule has 0 aromatic heterocycles. The molecule has 0 fully saturated rings. The smallest absolute Gasteiger partial charge is 0.267 e. The second-order valence-electron chi connectivity index (χ2n) is 5.71. The largest absolute Gasteiger partial charge is 0.393 e. The summed E-state index contributed by atoms with van der Waals surface area (Å²) >= 11 is 0. The summed E-state index contributed by atoms with van der Waals surface area (Å²) in [5, 5.41) is 8.97. The molecule has 0 heterocycles. The summed E-state index contributed by atoms with van der Waals surface area (Å²) in [4.78, 5) is 0. The van der Waals surface area contributed by atoms with Gasteiger partial charge in [-0.15, -0.1) is 0 Å². The maximum Gasteiger partial charge on any atom is 0.267 e. The van der Waals surface area contributed by atoms with Crippen molar-refractivity contribution < 1.29 is 18.1 Å².